The van der Waals surface area contributed by atoms with E-state index in [0.717, 1.165) is 11.1 Å². The van der Waals surface area contributed by atoms with E-state index in [1.807, 2.05) is 42.5 Å². The highest BCUT2D eigenvalue weighted by Crippen LogP contribution is 2.58. The highest BCUT2D eigenvalue weighted by molar-refractivity contribution is 6.01. The molecule has 0 bridgehead atoms. The predicted octanol–water partition coefficient (Wildman–Crippen LogP) is 3.03. The average molecular weight is 465 g/mol. The molecule has 3 fully saturated rings. The summed E-state index contributed by atoms with van der Waals surface area (Å²) in [6.45, 7) is 0.768. The van der Waals surface area contributed by atoms with E-state index in [4.69, 9.17) is 14.2 Å². The monoisotopic (exact) mass is 464 g/mol. The Kier molecular flexibility index (Phi) is 5.67. The first kappa shape index (κ1) is 22.3. The number of rotatable bonds is 7. The molecule has 2 unspecified atom stereocenters. The van der Waals surface area contributed by atoms with Crippen LogP contribution in [0, 0.1) is 11.3 Å². The number of amides is 3. The summed E-state index contributed by atoms with van der Waals surface area (Å²) in [5, 5.41) is 0. The quantitative estimate of drug-likeness (QED) is 0.626. The van der Waals surface area contributed by atoms with E-state index in [-0.39, 0.29) is 31.0 Å². The molecule has 2 aromatic carbocycles. The molecule has 34 heavy (non-hydrogen) atoms. The third-order valence-electron chi connectivity index (χ3n) is 7.24. The number of likely N-dealkylation sites (tertiary alicyclic amines) is 1. The van der Waals surface area contributed by atoms with Crippen molar-refractivity contribution >= 4 is 17.9 Å². The molecule has 5 rings (SSSR count). The lowest BCUT2D eigenvalue weighted by atomic mass is 9.90. The van der Waals surface area contributed by atoms with Crippen LogP contribution in [-0.2, 0) is 27.3 Å². The van der Waals surface area contributed by atoms with E-state index in [9.17, 15) is 14.4 Å². The van der Waals surface area contributed by atoms with Gasteiger partial charge >= 0.3 is 6.09 Å². The minimum atomic E-state index is -0.711. The number of ether oxygens (including phenoxy) is 3. The largest absolute Gasteiger partial charge is 0.497 e. The van der Waals surface area contributed by atoms with Gasteiger partial charge in [-0.15, -0.1) is 0 Å². The van der Waals surface area contributed by atoms with Crippen LogP contribution in [0.15, 0.2) is 48.5 Å². The molecular formula is C26H28N2O6. The van der Waals surface area contributed by atoms with Crippen molar-refractivity contribution < 1.29 is 28.6 Å². The molecule has 3 aliphatic rings. The molecule has 3 amide bonds. The van der Waals surface area contributed by atoms with Crippen LogP contribution in [0.25, 0.3) is 0 Å². The lowest BCUT2D eigenvalue weighted by Gasteiger charge is -2.24. The molecule has 8 heteroatoms. The van der Waals surface area contributed by atoms with Crippen molar-refractivity contribution in [2.45, 2.75) is 31.8 Å². The number of methoxy groups -OCH3 is 2. The highest BCUT2D eigenvalue weighted by Gasteiger charge is 2.65. The fourth-order valence-corrected chi connectivity index (χ4v) is 5.21. The second-order valence-electron chi connectivity index (χ2n) is 9.20. The summed E-state index contributed by atoms with van der Waals surface area (Å²) >= 11 is 0. The number of nitrogens with zero attached hydrogens (tertiary/aromatic N) is 2. The smallest absolute Gasteiger partial charge is 0.416 e. The van der Waals surface area contributed by atoms with Gasteiger partial charge in [-0.25, -0.2) is 9.69 Å². The Bertz CT molecular complexity index is 1110. The van der Waals surface area contributed by atoms with Gasteiger partial charge in [0, 0.05) is 24.7 Å². The van der Waals surface area contributed by atoms with Crippen LogP contribution in [0.1, 0.15) is 24.0 Å². The SMILES string of the molecule is COc1ccc(CN2CC(C(=O)N3C(=O)OCC3Cc3ccccc3)C3(CC3)C2=O)c(OC)c1. The fraction of sp³-hybridized carbons (Fsp3) is 0.423. The van der Waals surface area contributed by atoms with Crippen LogP contribution in [0.2, 0.25) is 0 Å². The number of cyclic esters (lactones) is 1. The minimum Gasteiger partial charge on any atom is -0.497 e. The van der Waals surface area contributed by atoms with Gasteiger partial charge in [0.15, 0.2) is 0 Å². The Hall–Kier alpha value is -3.55. The summed E-state index contributed by atoms with van der Waals surface area (Å²) in [6.07, 6.45) is 1.22. The molecule has 2 aliphatic heterocycles. The topological polar surface area (TPSA) is 85.4 Å². The standard InChI is InChI=1S/C26H28N2O6/c1-32-20-9-8-18(22(13-20)33-2)14-27-15-21(26(10-11-26)24(27)30)23(29)28-19(16-34-25(28)31)12-17-6-4-3-5-7-17/h3-9,13,19,21H,10-12,14-16H2,1-2H3. The first-order chi connectivity index (χ1) is 16.5. The lowest BCUT2D eigenvalue weighted by molar-refractivity contribution is -0.138. The molecule has 8 nitrogen and oxygen atoms in total. The van der Waals surface area contributed by atoms with E-state index in [1.165, 1.54) is 4.90 Å². The van der Waals surface area contributed by atoms with E-state index >= 15 is 0 Å². The second-order valence-corrected chi connectivity index (χ2v) is 9.20. The van der Waals surface area contributed by atoms with Crippen molar-refractivity contribution in [3.05, 3.63) is 59.7 Å². The fourth-order valence-electron chi connectivity index (χ4n) is 5.21. The summed E-state index contributed by atoms with van der Waals surface area (Å²) in [5.74, 6) is 0.387. The van der Waals surface area contributed by atoms with Gasteiger partial charge in [-0.2, -0.15) is 0 Å². The van der Waals surface area contributed by atoms with Crippen molar-refractivity contribution in [1.82, 2.24) is 9.80 Å². The number of imide groups is 1. The molecule has 0 aromatic heterocycles. The van der Waals surface area contributed by atoms with Crippen LogP contribution in [0.5, 0.6) is 11.5 Å². The van der Waals surface area contributed by atoms with Gasteiger partial charge in [-0.05, 0) is 37.0 Å². The zero-order valence-corrected chi connectivity index (χ0v) is 19.4. The average Bonchev–Trinajstić information content (AvgIpc) is 3.52. The normalized spacial score (nSPS) is 22.8. The maximum atomic E-state index is 13.7. The molecule has 2 aromatic rings. The number of hydrogen-bond acceptors (Lipinski definition) is 6. The van der Waals surface area contributed by atoms with E-state index in [1.54, 1.807) is 25.2 Å². The molecule has 1 saturated carbocycles. The summed E-state index contributed by atoms with van der Waals surface area (Å²) in [6, 6.07) is 14.8. The zero-order valence-electron chi connectivity index (χ0n) is 19.4. The summed E-state index contributed by atoms with van der Waals surface area (Å²) in [7, 11) is 3.16. The number of benzene rings is 2. The Morgan fingerprint density at radius 2 is 1.85 bits per heavy atom. The van der Waals surface area contributed by atoms with Gasteiger partial charge in [0.25, 0.3) is 0 Å². The molecule has 0 radical (unpaired) electrons. The van der Waals surface area contributed by atoms with Gasteiger partial charge < -0.3 is 19.1 Å². The van der Waals surface area contributed by atoms with Crippen LogP contribution >= 0.6 is 0 Å². The third-order valence-corrected chi connectivity index (χ3v) is 7.24. The van der Waals surface area contributed by atoms with Crippen LogP contribution in [-0.4, -0.2) is 61.1 Å². The number of carbonyl (C=O) groups excluding carboxylic acids is 3. The Balaban J connectivity index is 1.35. The molecule has 0 N–H and O–H groups in total. The van der Waals surface area contributed by atoms with Crippen molar-refractivity contribution in [3.63, 3.8) is 0 Å². The van der Waals surface area contributed by atoms with Gasteiger partial charge in [0.05, 0.1) is 31.6 Å². The van der Waals surface area contributed by atoms with E-state index < -0.39 is 17.4 Å². The van der Waals surface area contributed by atoms with Gasteiger partial charge in [0.1, 0.15) is 18.1 Å². The Morgan fingerprint density at radius 3 is 2.53 bits per heavy atom. The maximum absolute atomic E-state index is 13.7. The van der Waals surface area contributed by atoms with Crippen LogP contribution in [0.3, 0.4) is 0 Å². The lowest BCUT2D eigenvalue weighted by Crippen LogP contribution is -2.46. The molecule has 2 atom stereocenters. The van der Waals surface area contributed by atoms with Gasteiger partial charge in [-0.1, -0.05) is 30.3 Å². The molecular weight excluding hydrogens is 436 g/mol. The minimum absolute atomic E-state index is 0.0316. The van der Waals surface area contributed by atoms with Crippen molar-refractivity contribution in [2.75, 3.05) is 27.4 Å². The Morgan fingerprint density at radius 1 is 1.09 bits per heavy atom. The third kappa shape index (κ3) is 3.77. The van der Waals surface area contributed by atoms with Crippen LogP contribution < -0.4 is 9.47 Å². The first-order valence-electron chi connectivity index (χ1n) is 11.5. The summed E-state index contributed by atoms with van der Waals surface area (Å²) < 4.78 is 16.0. The van der Waals surface area contributed by atoms with Crippen molar-refractivity contribution in [3.8, 4) is 11.5 Å². The van der Waals surface area contributed by atoms with E-state index in [2.05, 4.69) is 0 Å². The molecule has 1 spiro atoms. The first-order valence-corrected chi connectivity index (χ1v) is 11.5. The molecule has 2 heterocycles. The molecule has 178 valence electrons. The molecule has 1 aliphatic carbocycles. The number of hydrogen-bond donors (Lipinski definition) is 0. The van der Waals surface area contributed by atoms with Crippen molar-refractivity contribution in [2.24, 2.45) is 11.3 Å². The van der Waals surface area contributed by atoms with Gasteiger partial charge in [-0.3, -0.25) is 9.59 Å². The van der Waals surface area contributed by atoms with Crippen molar-refractivity contribution in [1.29, 1.82) is 0 Å². The number of carbonyl (C=O) groups is 3. The second kappa shape index (κ2) is 8.66. The summed E-state index contributed by atoms with van der Waals surface area (Å²) in [5.41, 5.74) is 1.15. The molecule has 2 saturated heterocycles. The zero-order chi connectivity index (χ0) is 23.9. The Labute approximate surface area is 198 Å². The van der Waals surface area contributed by atoms with Crippen LogP contribution in [0.4, 0.5) is 4.79 Å². The predicted molar refractivity (Wildman–Crippen MR) is 122 cm³/mol. The maximum Gasteiger partial charge on any atom is 0.416 e. The van der Waals surface area contributed by atoms with E-state index in [0.29, 0.717) is 37.3 Å². The highest BCUT2D eigenvalue weighted by atomic mass is 16.6. The van der Waals surface area contributed by atoms with Gasteiger partial charge in [0.2, 0.25) is 11.8 Å². The summed E-state index contributed by atoms with van der Waals surface area (Å²) in [4.78, 5) is 42.6.